The molecule has 1 N–H and O–H groups in total. The van der Waals surface area contributed by atoms with E-state index in [2.05, 4.69) is 13.8 Å². The maximum atomic E-state index is 12.9. The Kier molecular flexibility index (Phi) is 5.41. The lowest BCUT2D eigenvalue weighted by atomic mass is 9.71. The Morgan fingerprint density at radius 3 is 2.59 bits per heavy atom. The number of hydrogen-bond acceptors (Lipinski definition) is 6. The molecule has 0 amide bonds. The van der Waals surface area contributed by atoms with Gasteiger partial charge >= 0.3 is 11.9 Å². The Balaban J connectivity index is 1.45. The Hall–Kier alpha value is -2.18. The van der Waals surface area contributed by atoms with Crippen molar-refractivity contribution >= 4 is 18.0 Å². The van der Waals surface area contributed by atoms with Crippen LogP contribution < -0.4 is 0 Å². The summed E-state index contributed by atoms with van der Waals surface area (Å²) >= 11 is 0. The van der Waals surface area contributed by atoms with Crippen LogP contribution in [-0.4, -0.2) is 47.1 Å². The Morgan fingerprint density at radius 2 is 1.91 bits per heavy atom. The lowest BCUT2D eigenvalue weighted by Gasteiger charge is -2.51. The Bertz CT molecular complexity index is 908. The van der Waals surface area contributed by atoms with Gasteiger partial charge in [0.25, 0.3) is 0 Å². The number of ether oxygens (including phenoxy) is 3. The second-order valence-corrected chi connectivity index (χ2v) is 10.2. The Labute approximate surface area is 188 Å². The molecule has 1 aromatic rings. The predicted octanol–water partition coefficient (Wildman–Crippen LogP) is 3.52. The van der Waals surface area contributed by atoms with Crippen LogP contribution in [0.15, 0.2) is 36.4 Å². The van der Waals surface area contributed by atoms with Gasteiger partial charge < -0.3 is 19.3 Å². The van der Waals surface area contributed by atoms with E-state index in [1.165, 1.54) is 6.08 Å². The molecule has 6 heteroatoms. The summed E-state index contributed by atoms with van der Waals surface area (Å²) in [6.45, 7) is 3.64. The van der Waals surface area contributed by atoms with Crippen molar-refractivity contribution in [3.63, 3.8) is 0 Å². The summed E-state index contributed by atoms with van der Waals surface area (Å²) in [4.78, 5) is 24.9. The van der Waals surface area contributed by atoms with E-state index in [0.29, 0.717) is 18.3 Å². The van der Waals surface area contributed by atoms with Crippen LogP contribution in [0.25, 0.3) is 6.08 Å². The van der Waals surface area contributed by atoms with Gasteiger partial charge in [0.1, 0.15) is 30.0 Å². The number of aliphatic hydroxyl groups excluding tert-OH is 1. The van der Waals surface area contributed by atoms with Crippen molar-refractivity contribution in [2.45, 2.75) is 69.4 Å². The van der Waals surface area contributed by atoms with Crippen LogP contribution in [-0.2, 0) is 23.8 Å². The molecule has 1 aromatic carbocycles. The zero-order chi connectivity index (χ0) is 22.5. The minimum atomic E-state index is -0.643. The lowest BCUT2D eigenvalue weighted by Crippen LogP contribution is -2.61. The molecule has 2 saturated carbocycles. The molecule has 7 atom stereocenters. The van der Waals surface area contributed by atoms with Gasteiger partial charge in [-0.1, -0.05) is 37.3 Å². The standard InChI is InChI=1S/C26H32O6/c1-16-8-12-19-23(16)24(31-21(28)13-9-17-6-4-3-5-7-17)26(18-10-11-18)14-20(25(19,2)32-26)30-22(29)15-27/h3-7,9,13,16,18-20,23-24,27H,8,10-12,14-15H2,1-2H3/b13-9+/t16-,19-,20-,23?,24+,25+,26-/m1/s1. The third kappa shape index (κ3) is 3.48. The van der Waals surface area contributed by atoms with Crippen LogP contribution in [0.5, 0.6) is 0 Å². The van der Waals surface area contributed by atoms with Crippen LogP contribution >= 0.6 is 0 Å². The highest BCUT2D eigenvalue weighted by atomic mass is 16.6. The van der Waals surface area contributed by atoms with E-state index in [-0.39, 0.29) is 23.9 Å². The average molecular weight is 441 g/mol. The van der Waals surface area contributed by atoms with Gasteiger partial charge in [-0.3, -0.25) is 0 Å². The van der Waals surface area contributed by atoms with Crippen LogP contribution in [0, 0.1) is 23.7 Å². The summed E-state index contributed by atoms with van der Waals surface area (Å²) in [5.74, 6) is 0.00867. The first kappa shape index (κ1) is 21.7. The first-order chi connectivity index (χ1) is 15.4. The van der Waals surface area contributed by atoms with E-state index in [0.717, 1.165) is 31.2 Å². The Morgan fingerprint density at radius 1 is 1.16 bits per heavy atom. The molecule has 2 heterocycles. The maximum absolute atomic E-state index is 12.9. The highest BCUT2D eigenvalue weighted by molar-refractivity contribution is 5.87. The van der Waals surface area contributed by atoms with Gasteiger partial charge in [0.15, 0.2) is 0 Å². The fourth-order valence-electron chi connectivity index (χ4n) is 6.71. The van der Waals surface area contributed by atoms with Gasteiger partial charge in [0.05, 0.1) is 0 Å². The largest absolute Gasteiger partial charge is 0.457 e. The number of fused-ring (bicyclic) bond motifs is 4. The van der Waals surface area contributed by atoms with E-state index in [4.69, 9.17) is 14.2 Å². The van der Waals surface area contributed by atoms with Crippen LogP contribution in [0.1, 0.15) is 51.5 Å². The number of rotatable bonds is 6. The molecule has 2 saturated heterocycles. The van der Waals surface area contributed by atoms with Crippen molar-refractivity contribution in [2.75, 3.05) is 6.61 Å². The molecule has 0 radical (unpaired) electrons. The quantitative estimate of drug-likeness (QED) is 0.538. The first-order valence-electron chi connectivity index (χ1n) is 11.8. The normalized spacial score (nSPS) is 40.3. The predicted molar refractivity (Wildman–Crippen MR) is 117 cm³/mol. The minimum absolute atomic E-state index is 0.138. The molecule has 5 rings (SSSR count). The molecule has 2 bridgehead atoms. The van der Waals surface area contributed by atoms with Gasteiger partial charge in [-0.2, -0.15) is 0 Å². The summed E-state index contributed by atoms with van der Waals surface area (Å²) < 4.78 is 18.8. The second-order valence-electron chi connectivity index (χ2n) is 10.2. The smallest absolute Gasteiger partial charge is 0.332 e. The number of carbonyl (C=O) groups is 2. The van der Waals surface area contributed by atoms with Crippen molar-refractivity contribution < 1.29 is 28.9 Å². The summed E-state index contributed by atoms with van der Waals surface area (Å²) in [6, 6.07) is 9.68. The minimum Gasteiger partial charge on any atom is -0.457 e. The van der Waals surface area contributed by atoms with E-state index >= 15 is 0 Å². The van der Waals surface area contributed by atoms with Crippen molar-refractivity contribution in [2.24, 2.45) is 23.7 Å². The highest BCUT2D eigenvalue weighted by Crippen LogP contribution is 2.66. The molecule has 2 aliphatic carbocycles. The van der Waals surface area contributed by atoms with Crippen LogP contribution in [0.2, 0.25) is 0 Å². The van der Waals surface area contributed by atoms with Crippen molar-refractivity contribution in [1.29, 1.82) is 0 Å². The molecule has 0 spiro atoms. The maximum Gasteiger partial charge on any atom is 0.332 e. The fourth-order valence-corrected chi connectivity index (χ4v) is 6.71. The summed E-state index contributed by atoms with van der Waals surface area (Å²) in [5, 5.41) is 9.27. The average Bonchev–Trinajstić information content (AvgIpc) is 3.52. The summed E-state index contributed by atoms with van der Waals surface area (Å²) in [7, 11) is 0. The van der Waals surface area contributed by atoms with Gasteiger partial charge in [-0.15, -0.1) is 0 Å². The molecule has 172 valence electrons. The molecular formula is C26H32O6. The molecule has 6 nitrogen and oxygen atoms in total. The SMILES string of the molecule is C[C@@H]1CC[C@@H]2C1[C@H](OC(=O)/C=C/c1ccccc1)[C@]1(C3CC3)C[C@@H](OC(=O)CO)[C@@]2(C)O1. The number of aliphatic hydroxyl groups is 1. The van der Waals surface area contributed by atoms with Crippen molar-refractivity contribution in [1.82, 2.24) is 0 Å². The zero-order valence-corrected chi connectivity index (χ0v) is 18.7. The van der Waals surface area contributed by atoms with Crippen LogP contribution in [0.4, 0.5) is 0 Å². The van der Waals surface area contributed by atoms with Gasteiger partial charge in [0, 0.05) is 18.4 Å². The van der Waals surface area contributed by atoms with E-state index in [1.807, 2.05) is 30.3 Å². The molecule has 4 aliphatic rings. The second kappa shape index (κ2) is 7.99. The monoisotopic (exact) mass is 440 g/mol. The first-order valence-corrected chi connectivity index (χ1v) is 11.8. The van der Waals surface area contributed by atoms with Crippen LogP contribution in [0.3, 0.4) is 0 Å². The number of benzene rings is 1. The molecule has 2 aliphatic heterocycles. The van der Waals surface area contributed by atoms with E-state index in [1.54, 1.807) is 6.08 Å². The highest BCUT2D eigenvalue weighted by Gasteiger charge is 2.74. The molecule has 32 heavy (non-hydrogen) atoms. The fraction of sp³-hybridized carbons (Fsp3) is 0.615. The molecular weight excluding hydrogens is 408 g/mol. The van der Waals surface area contributed by atoms with E-state index in [9.17, 15) is 14.7 Å². The van der Waals surface area contributed by atoms with Crippen molar-refractivity contribution in [3.8, 4) is 0 Å². The summed E-state index contributed by atoms with van der Waals surface area (Å²) in [5.41, 5.74) is -0.311. The summed E-state index contributed by atoms with van der Waals surface area (Å²) in [6.07, 6.45) is 7.01. The zero-order valence-electron chi connectivity index (χ0n) is 18.7. The molecule has 0 aromatic heterocycles. The van der Waals surface area contributed by atoms with Gasteiger partial charge in [-0.05, 0) is 62.0 Å². The number of carbonyl (C=O) groups excluding carboxylic acids is 2. The third-order valence-corrected chi connectivity index (χ3v) is 8.30. The van der Waals surface area contributed by atoms with Gasteiger partial charge in [0.2, 0.25) is 0 Å². The van der Waals surface area contributed by atoms with Gasteiger partial charge in [-0.25, -0.2) is 9.59 Å². The third-order valence-electron chi connectivity index (χ3n) is 8.30. The number of esters is 2. The van der Waals surface area contributed by atoms with E-state index < -0.39 is 29.9 Å². The molecule has 4 fully saturated rings. The van der Waals surface area contributed by atoms with Crippen molar-refractivity contribution in [3.05, 3.63) is 42.0 Å². The molecule has 1 unspecified atom stereocenters. The topological polar surface area (TPSA) is 82.1 Å². The lowest BCUT2D eigenvalue weighted by molar-refractivity contribution is -0.259. The number of hydrogen-bond donors (Lipinski definition) is 1.